The number of nitrogens with one attached hydrogen (secondary N) is 1. The summed E-state index contributed by atoms with van der Waals surface area (Å²) >= 11 is 0. The summed E-state index contributed by atoms with van der Waals surface area (Å²) in [4.78, 5) is 26.0. The van der Waals surface area contributed by atoms with Crippen molar-refractivity contribution in [1.29, 1.82) is 0 Å². The minimum Gasteiger partial charge on any atom is -0.469 e. The van der Waals surface area contributed by atoms with E-state index in [-0.39, 0.29) is 30.4 Å². The number of nitrogens with zero attached hydrogens (tertiary/aromatic N) is 1. The van der Waals surface area contributed by atoms with Crippen molar-refractivity contribution in [2.45, 2.75) is 44.7 Å². The first kappa shape index (κ1) is 12.3. The minimum atomic E-state index is -0.0852. The maximum absolute atomic E-state index is 12.6. The second-order valence-electron chi connectivity index (χ2n) is 5.35. The van der Waals surface area contributed by atoms with E-state index >= 15 is 0 Å². The molecule has 3 rings (SSSR count). The Bertz CT molecular complexity index is 509. The molecule has 0 unspecified atom stereocenters. The highest BCUT2D eigenvalue weighted by Gasteiger charge is 2.39. The van der Waals surface area contributed by atoms with Gasteiger partial charge in [-0.1, -0.05) is 12.8 Å². The molecule has 1 saturated heterocycles. The van der Waals surface area contributed by atoms with E-state index in [1.54, 1.807) is 17.9 Å². The van der Waals surface area contributed by atoms with E-state index in [0.29, 0.717) is 11.3 Å². The molecule has 0 spiro atoms. The van der Waals surface area contributed by atoms with Crippen molar-refractivity contribution >= 4 is 11.8 Å². The Hall–Kier alpha value is -1.78. The lowest BCUT2D eigenvalue weighted by Gasteiger charge is -2.43. The van der Waals surface area contributed by atoms with Crippen molar-refractivity contribution in [2.24, 2.45) is 0 Å². The van der Waals surface area contributed by atoms with Gasteiger partial charge < -0.3 is 14.6 Å². The highest BCUT2D eigenvalue weighted by atomic mass is 16.3. The molecule has 0 bridgehead atoms. The van der Waals surface area contributed by atoms with E-state index in [0.717, 1.165) is 25.7 Å². The lowest BCUT2D eigenvalue weighted by molar-refractivity contribution is -0.127. The minimum absolute atomic E-state index is 0.0577. The third-order valence-corrected chi connectivity index (χ3v) is 4.14. The van der Waals surface area contributed by atoms with E-state index in [4.69, 9.17) is 4.42 Å². The molecule has 1 aromatic heterocycles. The normalized spacial score (nSPS) is 26.8. The van der Waals surface area contributed by atoms with Crippen LogP contribution in [0.4, 0.5) is 0 Å². The van der Waals surface area contributed by atoms with Crippen LogP contribution in [-0.2, 0) is 4.79 Å². The van der Waals surface area contributed by atoms with Gasteiger partial charge in [0.15, 0.2) is 0 Å². The van der Waals surface area contributed by atoms with E-state index in [1.807, 2.05) is 0 Å². The first-order valence-corrected chi connectivity index (χ1v) is 6.81. The second kappa shape index (κ2) is 4.72. The van der Waals surface area contributed by atoms with Gasteiger partial charge in [0.25, 0.3) is 5.91 Å². The van der Waals surface area contributed by atoms with Gasteiger partial charge in [0.2, 0.25) is 5.91 Å². The van der Waals surface area contributed by atoms with E-state index in [9.17, 15) is 9.59 Å². The molecule has 2 fully saturated rings. The Kier molecular flexibility index (Phi) is 3.05. The second-order valence-corrected chi connectivity index (χ2v) is 5.35. The monoisotopic (exact) mass is 262 g/mol. The Morgan fingerprint density at radius 1 is 1.42 bits per heavy atom. The molecule has 5 nitrogen and oxygen atoms in total. The topological polar surface area (TPSA) is 62.6 Å². The van der Waals surface area contributed by atoms with E-state index in [1.165, 1.54) is 6.26 Å². The fourth-order valence-electron chi connectivity index (χ4n) is 3.16. The number of furan rings is 1. The third-order valence-electron chi connectivity index (χ3n) is 4.14. The van der Waals surface area contributed by atoms with Crippen molar-refractivity contribution < 1.29 is 14.0 Å². The summed E-state index contributed by atoms with van der Waals surface area (Å²) < 4.78 is 5.19. The molecule has 2 atom stereocenters. The van der Waals surface area contributed by atoms with Crippen LogP contribution in [0.1, 0.15) is 41.8 Å². The average Bonchev–Trinajstić information content (AvgIpc) is 2.83. The SMILES string of the molecule is Cc1occc1C(=O)N1CC(=O)N[C@@H]2CCCC[C@H]21. The quantitative estimate of drug-likeness (QED) is 0.833. The smallest absolute Gasteiger partial charge is 0.258 e. The number of hydrogen-bond donors (Lipinski definition) is 1. The predicted molar refractivity (Wildman–Crippen MR) is 68.7 cm³/mol. The summed E-state index contributed by atoms with van der Waals surface area (Å²) in [7, 11) is 0. The first-order valence-electron chi connectivity index (χ1n) is 6.81. The molecule has 1 aromatic rings. The number of amides is 2. The number of carbonyl (C=O) groups excluding carboxylic acids is 2. The van der Waals surface area contributed by atoms with Gasteiger partial charge in [0, 0.05) is 6.04 Å². The highest BCUT2D eigenvalue weighted by molar-refractivity contribution is 5.98. The van der Waals surface area contributed by atoms with Gasteiger partial charge in [-0.2, -0.15) is 0 Å². The summed E-state index contributed by atoms with van der Waals surface area (Å²) in [6.07, 6.45) is 5.68. The molecule has 19 heavy (non-hydrogen) atoms. The Morgan fingerprint density at radius 3 is 2.95 bits per heavy atom. The summed E-state index contributed by atoms with van der Waals surface area (Å²) in [6, 6.07) is 1.93. The van der Waals surface area contributed by atoms with Gasteiger partial charge in [-0.25, -0.2) is 0 Å². The summed E-state index contributed by atoms with van der Waals surface area (Å²) in [5.74, 6) is 0.471. The molecule has 1 aliphatic heterocycles. The summed E-state index contributed by atoms with van der Waals surface area (Å²) in [6.45, 7) is 1.93. The average molecular weight is 262 g/mol. The number of piperazine rings is 1. The van der Waals surface area contributed by atoms with Crippen LogP contribution in [0, 0.1) is 6.92 Å². The summed E-state index contributed by atoms with van der Waals surface area (Å²) in [5, 5.41) is 3.01. The van der Waals surface area contributed by atoms with Crippen molar-refractivity contribution in [3.05, 3.63) is 23.7 Å². The zero-order valence-electron chi connectivity index (χ0n) is 11.0. The molecule has 1 aliphatic carbocycles. The van der Waals surface area contributed by atoms with Crippen molar-refractivity contribution in [2.75, 3.05) is 6.54 Å². The molecule has 1 N–H and O–H groups in total. The van der Waals surface area contributed by atoms with Crippen molar-refractivity contribution in [3.8, 4) is 0 Å². The number of rotatable bonds is 1. The molecule has 5 heteroatoms. The molecule has 102 valence electrons. The fraction of sp³-hybridized carbons (Fsp3) is 0.571. The predicted octanol–water partition coefficient (Wildman–Crippen LogP) is 1.47. The van der Waals surface area contributed by atoms with Crippen LogP contribution in [-0.4, -0.2) is 35.3 Å². The standard InChI is InChI=1S/C14H18N2O3/c1-9-10(6-7-19-9)14(18)16-8-13(17)15-11-4-2-3-5-12(11)16/h6-7,11-12H,2-5,8H2,1H3,(H,15,17)/t11-,12-/m1/s1. The number of aryl methyl sites for hydroxylation is 1. The molecule has 2 aliphatic rings. The molecule has 2 heterocycles. The van der Waals surface area contributed by atoms with Gasteiger partial charge in [0.1, 0.15) is 12.3 Å². The van der Waals surface area contributed by atoms with Gasteiger partial charge in [0.05, 0.1) is 17.9 Å². The fourth-order valence-corrected chi connectivity index (χ4v) is 3.16. The molecular formula is C14H18N2O3. The number of fused-ring (bicyclic) bond motifs is 1. The zero-order valence-corrected chi connectivity index (χ0v) is 11.0. The van der Waals surface area contributed by atoms with Gasteiger partial charge in [-0.05, 0) is 25.8 Å². The maximum Gasteiger partial charge on any atom is 0.258 e. The van der Waals surface area contributed by atoms with Gasteiger partial charge in [-0.3, -0.25) is 9.59 Å². The number of hydrogen-bond acceptors (Lipinski definition) is 3. The zero-order chi connectivity index (χ0) is 13.4. The van der Waals surface area contributed by atoms with Crippen LogP contribution >= 0.6 is 0 Å². The molecular weight excluding hydrogens is 244 g/mol. The van der Waals surface area contributed by atoms with Gasteiger partial charge >= 0.3 is 0 Å². The molecule has 0 radical (unpaired) electrons. The molecule has 0 aromatic carbocycles. The van der Waals surface area contributed by atoms with E-state index < -0.39 is 0 Å². The van der Waals surface area contributed by atoms with Crippen LogP contribution in [0.15, 0.2) is 16.7 Å². The summed E-state index contributed by atoms with van der Waals surface area (Å²) in [5.41, 5.74) is 0.569. The van der Waals surface area contributed by atoms with Crippen molar-refractivity contribution in [1.82, 2.24) is 10.2 Å². The van der Waals surface area contributed by atoms with Crippen molar-refractivity contribution in [3.63, 3.8) is 0 Å². The van der Waals surface area contributed by atoms with Gasteiger partial charge in [-0.15, -0.1) is 0 Å². The highest BCUT2D eigenvalue weighted by Crippen LogP contribution is 2.27. The molecule has 1 saturated carbocycles. The van der Waals surface area contributed by atoms with Crippen LogP contribution in [0.5, 0.6) is 0 Å². The lowest BCUT2D eigenvalue weighted by Crippen LogP contribution is -2.62. The number of carbonyl (C=O) groups is 2. The maximum atomic E-state index is 12.6. The van der Waals surface area contributed by atoms with Crippen LogP contribution in [0.3, 0.4) is 0 Å². The Morgan fingerprint density at radius 2 is 2.21 bits per heavy atom. The lowest BCUT2D eigenvalue weighted by atomic mass is 9.87. The van der Waals surface area contributed by atoms with Crippen LogP contribution < -0.4 is 5.32 Å². The first-order chi connectivity index (χ1) is 9.16. The van der Waals surface area contributed by atoms with E-state index in [2.05, 4.69) is 5.32 Å². The Balaban J connectivity index is 1.87. The largest absolute Gasteiger partial charge is 0.469 e. The third kappa shape index (κ3) is 2.13. The molecule has 2 amide bonds. The Labute approximate surface area is 111 Å². The van der Waals surface area contributed by atoms with Crippen LogP contribution in [0.2, 0.25) is 0 Å². The van der Waals surface area contributed by atoms with Crippen LogP contribution in [0.25, 0.3) is 0 Å².